The molecule has 0 amide bonds. The first kappa shape index (κ1) is 8.99. The fourth-order valence-electron chi connectivity index (χ4n) is 1.28. The molecule has 3 N–H and O–H groups in total. The van der Waals surface area contributed by atoms with Crippen molar-refractivity contribution in [3.8, 4) is 0 Å². The molecular weight excluding hydrogens is 176 g/mol. The van der Waals surface area contributed by atoms with Gasteiger partial charge in [0, 0.05) is 17.7 Å². The first-order valence-electron chi connectivity index (χ1n) is 4.58. The van der Waals surface area contributed by atoms with Crippen LogP contribution in [-0.4, -0.2) is 15.0 Å². The van der Waals surface area contributed by atoms with Gasteiger partial charge in [0.05, 0.1) is 5.69 Å². The number of hydrogen-bond donors (Lipinski definition) is 2. The lowest BCUT2D eigenvalue weighted by Gasteiger charge is -2.16. The van der Waals surface area contributed by atoms with Crippen LogP contribution in [0, 0.1) is 0 Å². The summed E-state index contributed by atoms with van der Waals surface area (Å²) >= 11 is 0. The van der Waals surface area contributed by atoms with Gasteiger partial charge in [0.1, 0.15) is 11.3 Å². The van der Waals surface area contributed by atoms with Crippen molar-refractivity contribution in [1.82, 2.24) is 15.0 Å². The number of anilines is 1. The standard InChI is InChI=1S/C10H14N4/c1-10(2,3)7-5-12-6-4-8(11)14-9(6)13-7/h4-5H,11H2,1-3H3,(H,13,14). The van der Waals surface area contributed by atoms with E-state index in [0.717, 1.165) is 16.9 Å². The Morgan fingerprint density at radius 1 is 1.36 bits per heavy atom. The van der Waals surface area contributed by atoms with Crippen molar-refractivity contribution in [3.05, 3.63) is 18.0 Å². The molecule has 4 heteroatoms. The summed E-state index contributed by atoms with van der Waals surface area (Å²) < 4.78 is 0. The van der Waals surface area contributed by atoms with E-state index in [1.165, 1.54) is 0 Å². The van der Waals surface area contributed by atoms with E-state index in [1.807, 2.05) is 0 Å². The topological polar surface area (TPSA) is 67.6 Å². The van der Waals surface area contributed by atoms with Crippen molar-refractivity contribution in [2.24, 2.45) is 0 Å². The smallest absolute Gasteiger partial charge is 0.157 e. The molecular formula is C10H14N4. The number of H-pyrrole nitrogens is 1. The average Bonchev–Trinajstić information content (AvgIpc) is 2.41. The predicted octanol–water partition coefficient (Wildman–Crippen LogP) is 1.84. The monoisotopic (exact) mass is 190 g/mol. The molecule has 0 aliphatic carbocycles. The van der Waals surface area contributed by atoms with Gasteiger partial charge >= 0.3 is 0 Å². The third-order valence-corrected chi connectivity index (χ3v) is 2.12. The molecule has 2 aromatic rings. The number of nitrogens with zero attached hydrogens (tertiary/aromatic N) is 2. The van der Waals surface area contributed by atoms with Gasteiger partial charge in [-0.25, -0.2) is 4.98 Å². The van der Waals surface area contributed by atoms with Crippen molar-refractivity contribution in [2.45, 2.75) is 26.2 Å². The Morgan fingerprint density at radius 3 is 2.71 bits per heavy atom. The Bertz CT molecular complexity index is 464. The fraction of sp³-hybridized carbons (Fsp3) is 0.400. The van der Waals surface area contributed by atoms with Gasteiger partial charge in [-0.2, -0.15) is 0 Å². The Balaban J connectivity index is 2.62. The zero-order chi connectivity index (χ0) is 10.3. The number of nitrogens with two attached hydrogens (primary N) is 1. The quantitative estimate of drug-likeness (QED) is 0.666. The molecule has 74 valence electrons. The highest BCUT2D eigenvalue weighted by Crippen LogP contribution is 2.21. The molecule has 0 saturated carbocycles. The SMILES string of the molecule is CC(C)(C)c1cnc2cc(N)[nH]c2n1. The second-order valence-corrected chi connectivity index (χ2v) is 4.46. The van der Waals surface area contributed by atoms with Crippen molar-refractivity contribution < 1.29 is 0 Å². The Kier molecular flexibility index (Phi) is 1.74. The third kappa shape index (κ3) is 1.43. The molecule has 0 bridgehead atoms. The highest BCUT2D eigenvalue weighted by molar-refractivity contribution is 5.75. The van der Waals surface area contributed by atoms with E-state index in [9.17, 15) is 0 Å². The van der Waals surface area contributed by atoms with E-state index >= 15 is 0 Å². The number of fused-ring (bicyclic) bond motifs is 1. The number of aromatic nitrogens is 3. The molecule has 2 rings (SSSR count). The maximum absolute atomic E-state index is 5.61. The molecule has 0 unspecified atom stereocenters. The van der Waals surface area contributed by atoms with Gasteiger partial charge in [0.25, 0.3) is 0 Å². The van der Waals surface area contributed by atoms with E-state index in [2.05, 4.69) is 35.7 Å². The molecule has 0 fully saturated rings. The summed E-state index contributed by atoms with van der Waals surface area (Å²) in [5, 5.41) is 0. The van der Waals surface area contributed by atoms with Gasteiger partial charge in [0.2, 0.25) is 0 Å². The van der Waals surface area contributed by atoms with Crippen molar-refractivity contribution in [3.63, 3.8) is 0 Å². The van der Waals surface area contributed by atoms with Crippen molar-refractivity contribution in [1.29, 1.82) is 0 Å². The van der Waals surface area contributed by atoms with Gasteiger partial charge in [-0.05, 0) is 0 Å². The van der Waals surface area contributed by atoms with Gasteiger partial charge < -0.3 is 10.7 Å². The first-order chi connectivity index (χ1) is 6.47. The molecule has 0 aliphatic heterocycles. The highest BCUT2D eigenvalue weighted by Gasteiger charge is 2.16. The molecule has 0 spiro atoms. The van der Waals surface area contributed by atoms with Gasteiger partial charge in [-0.1, -0.05) is 20.8 Å². The molecule has 0 saturated heterocycles. The molecule has 0 atom stereocenters. The number of hydrogen-bond acceptors (Lipinski definition) is 3. The van der Waals surface area contributed by atoms with E-state index < -0.39 is 0 Å². The van der Waals surface area contributed by atoms with E-state index in [4.69, 9.17) is 5.73 Å². The van der Waals surface area contributed by atoms with Crippen molar-refractivity contribution in [2.75, 3.05) is 5.73 Å². The molecule has 14 heavy (non-hydrogen) atoms. The van der Waals surface area contributed by atoms with Crippen LogP contribution in [0.1, 0.15) is 26.5 Å². The van der Waals surface area contributed by atoms with E-state index in [-0.39, 0.29) is 5.41 Å². The molecule has 2 aromatic heterocycles. The minimum absolute atomic E-state index is 0.0149. The number of rotatable bonds is 0. The minimum atomic E-state index is 0.0149. The lowest BCUT2D eigenvalue weighted by Crippen LogP contribution is -2.13. The minimum Gasteiger partial charge on any atom is -0.385 e. The van der Waals surface area contributed by atoms with Gasteiger partial charge in [-0.15, -0.1) is 0 Å². The normalized spacial score (nSPS) is 12.2. The van der Waals surface area contributed by atoms with Crippen LogP contribution in [0.3, 0.4) is 0 Å². The summed E-state index contributed by atoms with van der Waals surface area (Å²) in [6.45, 7) is 6.32. The molecule has 4 nitrogen and oxygen atoms in total. The van der Waals surface area contributed by atoms with Crippen LogP contribution in [0.5, 0.6) is 0 Å². The predicted molar refractivity (Wildman–Crippen MR) is 57.0 cm³/mol. The molecule has 0 radical (unpaired) electrons. The van der Waals surface area contributed by atoms with Gasteiger partial charge in [0.15, 0.2) is 5.65 Å². The maximum Gasteiger partial charge on any atom is 0.157 e. The number of nitrogen functional groups attached to an aromatic ring is 1. The summed E-state index contributed by atoms with van der Waals surface area (Å²) in [6.07, 6.45) is 1.80. The van der Waals surface area contributed by atoms with Crippen LogP contribution >= 0.6 is 0 Å². The van der Waals surface area contributed by atoms with Crippen LogP contribution in [0.25, 0.3) is 11.2 Å². The van der Waals surface area contributed by atoms with Crippen LogP contribution < -0.4 is 5.73 Å². The molecule has 2 heterocycles. The molecule has 0 aliphatic rings. The van der Waals surface area contributed by atoms with Crippen LogP contribution in [0.2, 0.25) is 0 Å². The summed E-state index contributed by atoms with van der Waals surface area (Å²) in [7, 11) is 0. The highest BCUT2D eigenvalue weighted by atomic mass is 15.0. The van der Waals surface area contributed by atoms with E-state index in [0.29, 0.717) is 5.82 Å². The second kappa shape index (κ2) is 2.70. The van der Waals surface area contributed by atoms with Crippen LogP contribution in [-0.2, 0) is 5.41 Å². The van der Waals surface area contributed by atoms with Crippen molar-refractivity contribution >= 4 is 17.0 Å². The van der Waals surface area contributed by atoms with Crippen LogP contribution in [0.4, 0.5) is 5.82 Å². The van der Waals surface area contributed by atoms with E-state index in [1.54, 1.807) is 12.3 Å². The second-order valence-electron chi connectivity index (χ2n) is 4.46. The average molecular weight is 190 g/mol. The lowest BCUT2D eigenvalue weighted by molar-refractivity contribution is 0.568. The summed E-state index contributed by atoms with van der Waals surface area (Å²) in [5.74, 6) is 0.603. The Labute approximate surface area is 82.6 Å². The maximum atomic E-state index is 5.61. The third-order valence-electron chi connectivity index (χ3n) is 2.12. The summed E-state index contributed by atoms with van der Waals surface area (Å²) in [4.78, 5) is 11.7. The van der Waals surface area contributed by atoms with Crippen LogP contribution in [0.15, 0.2) is 12.3 Å². The lowest BCUT2D eigenvalue weighted by atomic mass is 9.93. The van der Waals surface area contributed by atoms with Gasteiger partial charge in [-0.3, -0.25) is 4.98 Å². The Morgan fingerprint density at radius 2 is 2.07 bits per heavy atom. The first-order valence-corrected chi connectivity index (χ1v) is 4.58. The summed E-state index contributed by atoms with van der Waals surface area (Å²) in [6, 6.07) is 1.79. The number of nitrogens with one attached hydrogen (secondary N) is 1. The number of aromatic amines is 1. The zero-order valence-corrected chi connectivity index (χ0v) is 8.63. The molecule has 0 aromatic carbocycles. The Hall–Kier alpha value is -1.58. The zero-order valence-electron chi connectivity index (χ0n) is 8.63. The largest absolute Gasteiger partial charge is 0.385 e. The summed E-state index contributed by atoms with van der Waals surface area (Å²) in [5.41, 5.74) is 8.17. The fourth-order valence-corrected chi connectivity index (χ4v) is 1.28.